The van der Waals surface area contributed by atoms with Gasteiger partial charge in [-0.3, -0.25) is 9.89 Å². The van der Waals surface area contributed by atoms with Gasteiger partial charge in [0, 0.05) is 5.56 Å². The van der Waals surface area contributed by atoms with E-state index in [1.165, 1.54) is 24.4 Å². The molecule has 2 aromatic rings. The van der Waals surface area contributed by atoms with Crippen molar-refractivity contribution in [1.29, 1.82) is 0 Å². The molecule has 0 bridgehead atoms. The number of nitrogens with one attached hydrogen (secondary N) is 2. The first-order chi connectivity index (χ1) is 8.99. The Hall–Kier alpha value is -2.28. The summed E-state index contributed by atoms with van der Waals surface area (Å²) < 4.78 is 13.4. The van der Waals surface area contributed by atoms with Gasteiger partial charge in [-0.25, -0.2) is 4.39 Å². The summed E-state index contributed by atoms with van der Waals surface area (Å²) >= 11 is 4.82. The summed E-state index contributed by atoms with van der Waals surface area (Å²) in [5.74, 6) is -0.619. The normalized spacial score (nSPS) is 10.2. The number of aromatic nitrogens is 2. The first-order valence-corrected chi connectivity index (χ1v) is 5.80. The summed E-state index contributed by atoms with van der Waals surface area (Å²) in [6, 6.07) is 4.23. The number of thiocarbonyl (C=S) groups is 1. The van der Waals surface area contributed by atoms with Crippen LogP contribution < -0.4 is 11.1 Å². The van der Waals surface area contributed by atoms with Crippen molar-refractivity contribution in [1.82, 2.24) is 10.2 Å². The second kappa shape index (κ2) is 5.15. The van der Waals surface area contributed by atoms with E-state index >= 15 is 0 Å². The number of carbonyl (C=O) groups excluding carboxylic acids is 1. The lowest BCUT2D eigenvalue weighted by Crippen LogP contribution is -2.17. The maximum absolute atomic E-state index is 13.4. The molecule has 5 nitrogen and oxygen atoms in total. The second-order valence-corrected chi connectivity index (χ2v) is 4.38. The zero-order chi connectivity index (χ0) is 14.0. The molecule has 0 atom stereocenters. The first kappa shape index (κ1) is 13.2. The standard InChI is InChI=1S/C12H11FN4OS/c1-6-2-3-7(4-9(6)13)12(18)16-11-8(10(14)19)5-15-17-11/h2-5H,1H3,(H2,14,19)(H2,15,16,17,18). The molecule has 1 amide bonds. The van der Waals surface area contributed by atoms with E-state index in [0.717, 1.165) is 0 Å². The summed E-state index contributed by atoms with van der Waals surface area (Å²) in [4.78, 5) is 12.1. The fourth-order valence-electron chi connectivity index (χ4n) is 1.49. The Balaban J connectivity index is 2.23. The molecule has 4 N–H and O–H groups in total. The van der Waals surface area contributed by atoms with Gasteiger partial charge in [-0.1, -0.05) is 18.3 Å². The van der Waals surface area contributed by atoms with Crippen molar-refractivity contribution in [3.63, 3.8) is 0 Å². The number of hydrogen-bond acceptors (Lipinski definition) is 3. The van der Waals surface area contributed by atoms with Crippen LogP contribution in [0.15, 0.2) is 24.4 Å². The van der Waals surface area contributed by atoms with Gasteiger partial charge >= 0.3 is 0 Å². The minimum Gasteiger partial charge on any atom is -0.389 e. The third-order valence-corrected chi connectivity index (χ3v) is 2.80. The molecule has 1 heterocycles. The maximum atomic E-state index is 13.4. The SMILES string of the molecule is Cc1ccc(C(=O)Nc2[nH]ncc2C(N)=S)cc1F. The molecule has 98 valence electrons. The van der Waals surface area contributed by atoms with Crippen LogP contribution in [0.5, 0.6) is 0 Å². The van der Waals surface area contributed by atoms with Crippen molar-refractivity contribution >= 4 is 28.9 Å². The minimum atomic E-state index is -0.472. The molecule has 0 aliphatic carbocycles. The number of hydrogen-bond donors (Lipinski definition) is 3. The van der Waals surface area contributed by atoms with Crippen LogP contribution in [0.25, 0.3) is 0 Å². The Kier molecular flexibility index (Phi) is 3.57. The lowest BCUT2D eigenvalue weighted by atomic mass is 10.1. The highest BCUT2D eigenvalue weighted by molar-refractivity contribution is 7.80. The molecule has 7 heteroatoms. The van der Waals surface area contributed by atoms with Crippen LogP contribution in [0.4, 0.5) is 10.2 Å². The smallest absolute Gasteiger partial charge is 0.256 e. The molecule has 0 saturated heterocycles. The third-order valence-electron chi connectivity index (χ3n) is 2.58. The average molecular weight is 278 g/mol. The van der Waals surface area contributed by atoms with Gasteiger partial charge in [0.25, 0.3) is 5.91 Å². The van der Waals surface area contributed by atoms with E-state index in [-0.39, 0.29) is 10.6 Å². The molecule has 0 aliphatic rings. The number of anilines is 1. The van der Waals surface area contributed by atoms with E-state index in [2.05, 4.69) is 15.5 Å². The van der Waals surface area contributed by atoms with Gasteiger partial charge in [0.2, 0.25) is 0 Å². The van der Waals surface area contributed by atoms with Crippen LogP contribution in [0.2, 0.25) is 0 Å². The number of carbonyl (C=O) groups is 1. The molecule has 1 aromatic carbocycles. The molecule has 0 radical (unpaired) electrons. The molecule has 19 heavy (non-hydrogen) atoms. The van der Waals surface area contributed by atoms with E-state index < -0.39 is 11.7 Å². The molecule has 0 saturated carbocycles. The number of amides is 1. The quantitative estimate of drug-likeness (QED) is 0.747. The van der Waals surface area contributed by atoms with Gasteiger partial charge in [0.15, 0.2) is 0 Å². The molecular weight excluding hydrogens is 267 g/mol. The van der Waals surface area contributed by atoms with Crippen molar-refractivity contribution in [2.24, 2.45) is 5.73 Å². The molecule has 0 unspecified atom stereocenters. The lowest BCUT2D eigenvalue weighted by Gasteiger charge is -2.06. The summed E-state index contributed by atoms with van der Waals surface area (Å²) in [7, 11) is 0. The number of halogens is 1. The van der Waals surface area contributed by atoms with Crippen molar-refractivity contribution < 1.29 is 9.18 Å². The summed E-state index contributed by atoms with van der Waals surface area (Å²) in [6.07, 6.45) is 1.41. The number of aromatic amines is 1. The minimum absolute atomic E-state index is 0.110. The molecular formula is C12H11FN4OS. The fraction of sp³-hybridized carbons (Fsp3) is 0.0833. The zero-order valence-corrected chi connectivity index (χ0v) is 10.8. The van der Waals surface area contributed by atoms with Gasteiger partial charge in [-0.15, -0.1) is 0 Å². The number of aryl methyl sites for hydroxylation is 1. The zero-order valence-electron chi connectivity index (χ0n) is 10.0. The van der Waals surface area contributed by atoms with Crippen LogP contribution in [0.3, 0.4) is 0 Å². The number of nitrogens with two attached hydrogens (primary N) is 1. The Morgan fingerprint density at radius 3 is 2.89 bits per heavy atom. The highest BCUT2D eigenvalue weighted by atomic mass is 32.1. The van der Waals surface area contributed by atoms with Crippen molar-refractivity contribution in [2.45, 2.75) is 6.92 Å². The van der Waals surface area contributed by atoms with E-state index in [1.807, 2.05) is 0 Å². The van der Waals surface area contributed by atoms with E-state index in [9.17, 15) is 9.18 Å². The van der Waals surface area contributed by atoms with Gasteiger partial charge in [-0.05, 0) is 24.6 Å². The predicted molar refractivity (Wildman–Crippen MR) is 73.6 cm³/mol. The van der Waals surface area contributed by atoms with Crippen LogP contribution in [0.1, 0.15) is 21.5 Å². The third kappa shape index (κ3) is 2.76. The molecule has 0 spiro atoms. The molecule has 2 rings (SSSR count). The van der Waals surface area contributed by atoms with Crippen LogP contribution in [-0.4, -0.2) is 21.1 Å². The number of H-pyrrole nitrogens is 1. The number of rotatable bonds is 3. The first-order valence-electron chi connectivity index (χ1n) is 5.39. The molecule has 0 fully saturated rings. The van der Waals surface area contributed by atoms with Crippen molar-refractivity contribution in [3.05, 3.63) is 46.9 Å². The summed E-state index contributed by atoms with van der Waals surface area (Å²) in [6.45, 7) is 1.62. The lowest BCUT2D eigenvalue weighted by molar-refractivity contribution is 0.102. The summed E-state index contributed by atoms with van der Waals surface area (Å²) in [5, 5.41) is 8.85. The van der Waals surface area contributed by atoms with Crippen LogP contribution >= 0.6 is 12.2 Å². The van der Waals surface area contributed by atoms with E-state index in [1.54, 1.807) is 6.92 Å². The fourth-order valence-corrected chi connectivity index (χ4v) is 1.64. The van der Waals surface area contributed by atoms with Gasteiger partial charge < -0.3 is 11.1 Å². The summed E-state index contributed by atoms with van der Waals surface area (Å²) in [5.41, 5.74) is 6.58. The molecule has 0 aliphatic heterocycles. The highest BCUT2D eigenvalue weighted by Gasteiger charge is 2.13. The topological polar surface area (TPSA) is 83.8 Å². The highest BCUT2D eigenvalue weighted by Crippen LogP contribution is 2.14. The van der Waals surface area contributed by atoms with E-state index in [4.69, 9.17) is 18.0 Å². The molecule has 1 aromatic heterocycles. The Labute approximate surface area is 114 Å². The second-order valence-electron chi connectivity index (χ2n) is 3.94. The van der Waals surface area contributed by atoms with Crippen molar-refractivity contribution in [2.75, 3.05) is 5.32 Å². The van der Waals surface area contributed by atoms with Gasteiger partial charge in [0.1, 0.15) is 16.6 Å². The van der Waals surface area contributed by atoms with Gasteiger partial charge in [0.05, 0.1) is 11.8 Å². The largest absolute Gasteiger partial charge is 0.389 e. The van der Waals surface area contributed by atoms with Crippen molar-refractivity contribution in [3.8, 4) is 0 Å². The van der Waals surface area contributed by atoms with Gasteiger partial charge in [-0.2, -0.15) is 5.10 Å². The Morgan fingerprint density at radius 1 is 1.53 bits per heavy atom. The van der Waals surface area contributed by atoms with Crippen LogP contribution in [0, 0.1) is 12.7 Å². The predicted octanol–water partition coefficient (Wildman–Crippen LogP) is 1.74. The Bertz CT molecular complexity index is 653. The maximum Gasteiger partial charge on any atom is 0.256 e. The monoisotopic (exact) mass is 278 g/mol. The average Bonchev–Trinajstić information content (AvgIpc) is 2.80. The number of benzene rings is 1. The Morgan fingerprint density at radius 2 is 2.26 bits per heavy atom. The van der Waals surface area contributed by atoms with Crippen LogP contribution in [-0.2, 0) is 0 Å². The number of nitrogens with zero attached hydrogens (tertiary/aromatic N) is 1. The van der Waals surface area contributed by atoms with E-state index in [0.29, 0.717) is 16.9 Å².